The molecule has 8 nitrogen and oxygen atoms in total. The van der Waals surface area contributed by atoms with Crippen LogP contribution in [-0.4, -0.2) is 81.8 Å². The van der Waals surface area contributed by atoms with Crippen molar-refractivity contribution < 1.29 is 23.5 Å². The molecule has 0 aliphatic carbocycles. The standard InChI is InChI=1S/C23H27FN4O4/c1-31-19-7-8-21(32-2)20(15-19)28-14-13-27(23(28)30)16-22(29)26-11-9-25(10-12-26)18-5-3-17(24)4-6-18/h3-8,15H,9-14,16H2,1-2H3. The van der Waals surface area contributed by atoms with Gasteiger partial charge in [0.15, 0.2) is 0 Å². The van der Waals surface area contributed by atoms with Crippen molar-refractivity contribution in [3.05, 3.63) is 48.3 Å². The number of halogens is 1. The third-order valence-electron chi connectivity index (χ3n) is 5.92. The molecule has 9 heteroatoms. The summed E-state index contributed by atoms with van der Waals surface area (Å²) >= 11 is 0. The van der Waals surface area contributed by atoms with Gasteiger partial charge in [0.2, 0.25) is 5.91 Å². The molecule has 0 radical (unpaired) electrons. The van der Waals surface area contributed by atoms with E-state index in [-0.39, 0.29) is 24.3 Å². The molecule has 0 bridgehead atoms. The maximum atomic E-state index is 13.1. The average molecular weight is 442 g/mol. The minimum Gasteiger partial charge on any atom is -0.497 e. The van der Waals surface area contributed by atoms with Gasteiger partial charge in [-0.25, -0.2) is 9.18 Å². The number of carbonyl (C=O) groups excluding carboxylic acids is 2. The molecule has 2 aliphatic heterocycles. The molecule has 0 N–H and O–H groups in total. The highest BCUT2D eigenvalue weighted by molar-refractivity contribution is 5.98. The van der Waals surface area contributed by atoms with Crippen molar-refractivity contribution in [2.45, 2.75) is 0 Å². The second-order valence-electron chi connectivity index (χ2n) is 7.74. The summed E-state index contributed by atoms with van der Waals surface area (Å²) in [5, 5.41) is 0. The van der Waals surface area contributed by atoms with Crippen LogP contribution in [0.4, 0.5) is 20.6 Å². The SMILES string of the molecule is COc1ccc(OC)c(N2CCN(CC(=O)N3CCN(c4ccc(F)cc4)CC3)C2=O)c1. The van der Waals surface area contributed by atoms with Crippen LogP contribution in [0.5, 0.6) is 11.5 Å². The predicted molar refractivity (Wildman–Crippen MR) is 119 cm³/mol. The minimum absolute atomic E-state index is 0.0398. The van der Waals surface area contributed by atoms with Crippen molar-refractivity contribution in [2.75, 3.05) is 69.8 Å². The molecule has 0 aromatic heterocycles. The van der Waals surface area contributed by atoms with Crippen LogP contribution in [-0.2, 0) is 4.79 Å². The molecule has 2 aromatic carbocycles. The zero-order chi connectivity index (χ0) is 22.7. The molecular weight excluding hydrogens is 415 g/mol. The fraction of sp³-hybridized carbons (Fsp3) is 0.391. The summed E-state index contributed by atoms with van der Waals surface area (Å²) in [6.07, 6.45) is 0. The Morgan fingerprint density at radius 2 is 1.66 bits per heavy atom. The van der Waals surface area contributed by atoms with Gasteiger partial charge >= 0.3 is 6.03 Å². The molecule has 2 aliphatic rings. The molecule has 4 rings (SSSR count). The second kappa shape index (κ2) is 9.33. The van der Waals surface area contributed by atoms with Crippen LogP contribution < -0.4 is 19.3 Å². The molecule has 0 spiro atoms. The van der Waals surface area contributed by atoms with Gasteiger partial charge in [0, 0.05) is 51.0 Å². The van der Waals surface area contributed by atoms with E-state index in [1.165, 1.54) is 12.1 Å². The highest BCUT2D eigenvalue weighted by Crippen LogP contribution is 2.34. The van der Waals surface area contributed by atoms with Crippen LogP contribution >= 0.6 is 0 Å². The lowest BCUT2D eigenvalue weighted by Crippen LogP contribution is -2.51. The second-order valence-corrected chi connectivity index (χ2v) is 7.74. The van der Waals surface area contributed by atoms with Crippen LogP contribution in [0.2, 0.25) is 0 Å². The maximum absolute atomic E-state index is 13.1. The van der Waals surface area contributed by atoms with Crippen LogP contribution in [0.25, 0.3) is 0 Å². The molecule has 2 saturated heterocycles. The van der Waals surface area contributed by atoms with Crippen LogP contribution in [0.15, 0.2) is 42.5 Å². The van der Waals surface area contributed by atoms with Crippen molar-refractivity contribution in [3.63, 3.8) is 0 Å². The first kappa shape index (κ1) is 21.7. The Labute approximate surface area is 186 Å². The van der Waals surface area contributed by atoms with Gasteiger partial charge in [-0.1, -0.05) is 0 Å². The van der Waals surface area contributed by atoms with Gasteiger partial charge in [-0.15, -0.1) is 0 Å². The zero-order valence-electron chi connectivity index (χ0n) is 18.3. The Balaban J connectivity index is 1.35. The van der Waals surface area contributed by atoms with Gasteiger partial charge in [-0.2, -0.15) is 0 Å². The average Bonchev–Trinajstić information content (AvgIpc) is 3.18. The molecule has 0 atom stereocenters. The summed E-state index contributed by atoms with van der Waals surface area (Å²) in [5.74, 6) is 0.862. The first-order valence-corrected chi connectivity index (χ1v) is 10.6. The van der Waals surface area contributed by atoms with E-state index in [4.69, 9.17) is 9.47 Å². The number of piperazine rings is 1. The number of rotatable bonds is 6. The Hall–Kier alpha value is -3.49. The van der Waals surface area contributed by atoms with E-state index in [2.05, 4.69) is 4.90 Å². The Kier molecular flexibility index (Phi) is 6.34. The Morgan fingerprint density at radius 3 is 2.31 bits per heavy atom. The van der Waals surface area contributed by atoms with Crippen molar-refractivity contribution in [1.82, 2.24) is 9.80 Å². The largest absolute Gasteiger partial charge is 0.497 e. The third-order valence-corrected chi connectivity index (χ3v) is 5.92. The summed E-state index contributed by atoms with van der Waals surface area (Å²) < 4.78 is 23.8. The van der Waals surface area contributed by atoms with E-state index >= 15 is 0 Å². The van der Waals surface area contributed by atoms with Crippen molar-refractivity contribution in [3.8, 4) is 11.5 Å². The minimum atomic E-state index is -0.265. The molecule has 170 valence electrons. The molecule has 32 heavy (non-hydrogen) atoms. The Bertz CT molecular complexity index is 976. The van der Waals surface area contributed by atoms with Crippen LogP contribution in [0.3, 0.4) is 0 Å². The first-order valence-electron chi connectivity index (χ1n) is 10.6. The number of urea groups is 1. The normalized spacial score (nSPS) is 16.5. The summed E-state index contributed by atoms with van der Waals surface area (Å²) in [5.41, 5.74) is 1.57. The van der Waals surface area contributed by atoms with E-state index in [9.17, 15) is 14.0 Å². The molecular formula is C23H27FN4O4. The monoisotopic (exact) mass is 442 g/mol. The van der Waals surface area contributed by atoms with Gasteiger partial charge in [0.25, 0.3) is 0 Å². The number of nitrogens with zero attached hydrogens (tertiary/aromatic N) is 4. The van der Waals surface area contributed by atoms with Gasteiger partial charge in [-0.05, 0) is 36.4 Å². The Morgan fingerprint density at radius 1 is 0.938 bits per heavy atom. The zero-order valence-corrected chi connectivity index (χ0v) is 18.3. The third kappa shape index (κ3) is 4.42. The van der Waals surface area contributed by atoms with E-state index in [0.717, 1.165) is 5.69 Å². The number of amides is 3. The fourth-order valence-corrected chi connectivity index (χ4v) is 4.09. The van der Waals surface area contributed by atoms with Crippen molar-refractivity contribution in [1.29, 1.82) is 0 Å². The van der Waals surface area contributed by atoms with Crippen molar-refractivity contribution >= 4 is 23.3 Å². The number of methoxy groups -OCH3 is 2. The molecule has 2 aromatic rings. The molecule has 3 amide bonds. The number of benzene rings is 2. The maximum Gasteiger partial charge on any atom is 0.325 e. The topological polar surface area (TPSA) is 65.6 Å². The number of anilines is 2. The van der Waals surface area contributed by atoms with Gasteiger partial charge in [-0.3, -0.25) is 9.69 Å². The van der Waals surface area contributed by atoms with Gasteiger partial charge in [0.05, 0.1) is 19.9 Å². The lowest BCUT2D eigenvalue weighted by molar-refractivity contribution is -0.131. The summed E-state index contributed by atoms with van der Waals surface area (Å²) in [7, 11) is 3.12. The molecule has 2 fully saturated rings. The summed E-state index contributed by atoms with van der Waals surface area (Å²) in [6.45, 7) is 3.42. The lowest BCUT2D eigenvalue weighted by atomic mass is 10.2. The van der Waals surface area contributed by atoms with E-state index < -0.39 is 0 Å². The van der Waals surface area contributed by atoms with E-state index in [1.54, 1.807) is 59.3 Å². The smallest absolute Gasteiger partial charge is 0.325 e. The first-order chi connectivity index (χ1) is 15.5. The van der Waals surface area contributed by atoms with Crippen LogP contribution in [0, 0.1) is 5.82 Å². The van der Waals surface area contributed by atoms with E-state index in [1.807, 2.05) is 0 Å². The van der Waals surface area contributed by atoms with E-state index in [0.29, 0.717) is 56.5 Å². The van der Waals surface area contributed by atoms with Crippen molar-refractivity contribution in [2.24, 2.45) is 0 Å². The fourth-order valence-electron chi connectivity index (χ4n) is 4.09. The van der Waals surface area contributed by atoms with Gasteiger partial charge < -0.3 is 24.2 Å². The number of hydrogen-bond donors (Lipinski definition) is 0. The quantitative estimate of drug-likeness (QED) is 0.688. The summed E-state index contributed by atoms with van der Waals surface area (Å²) in [4.78, 5) is 32.9. The molecule has 0 unspecified atom stereocenters. The number of carbonyl (C=O) groups is 2. The van der Waals surface area contributed by atoms with Crippen LogP contribution in [0.1, 0.15) is 0 Å². The highest BCUT2D eigenvalue weighted by Gasteiger charge is 2.34. The molecule has 0 saturated carbocycles. The van der Waals surface area contributed by atoms with Gasteiger partial charge in [0.1, 0.15) is 23.9 Å². The summed E-state index contributed by atoms with van der Waals surface area (Å²) in [6, 6.07) is 11.4. The lowest BCUT2D eigenvalue weighted by Gasteiger charge is -2.36. The predicted octanol–water partition coefficient (Wildman–Crippen LogP) is 2.43. The highest BCUT2D eigenvalue weighted by atomic mass is 19.1. The number of ether oxygens (including phenoxy) is 2. The molecule has 2 heterocycles. The number of hydrogen-bond acceptors (Lipinski definition) is 5.